The molecule has 0 saturated heterocycles. The molecule has 0 aromatic heterocycles. The van der Waals surface area contributed by atoms with Crippen LogP contribution in [0.1, 0.15) is 25.3 Å². The zero-order valence-corrected chi connectivity index (χ0v) is 12.8. The fourth-order valence-corrected chi connectivity index (χ4v) is 2.23. The van der Waals surface area contributed by atoms with E-state index < -0.39 is 18.1 Å². The highest BCUT2D eigenvalue weighted by Crippen LogP contribution is 2.29. The van der Waals surface area contributed by atoms with Gasteiger partial charge in [0.1, 0.15) is 6.04 Å². The second-order valence-corrected chi connectivity index (χ2v) is 5.89. The summed E-state index contributed by atoms with van der Waals surface area (Å²) in [4.78, 5) is 24.0. The van der Waals surface area contributed by atoms with Crippen LogP contribution in [0.25, 0.3) is 0 Å². The Bertz CT molecular complexity index is 556. The van der Waals surface area contributed by atoms with Gasteiger partial charge in [0, 0.05) is 16.6 Å². The Morgan fingerprint density at radius 2 is 2.05 bits per heavy atom. The lowest BCUT2D eigenvalue weighted by atomic mass is 10.1. The van der Waals surface area contributed by atoms with E-state index in [2.05, 4.69) is 10.6 Å². The van der Waals surface area contributed by atoms with E-state index in [4.69, 9.17) is 11.6 Å². The second kappa shape index (κ2) is 6.45. The molecule has 6 heteroatoms. The first kappa shape index (κ1) is 15.8. The third kappa shape index (κ3) is 4.19. The van der Waals surface area contributed by atoms with Crippen molar-refractivity contribution < 1.29 is 14.7 Å². The Hall–Kier alpha value is -1.59. The summed E-state index contributed by atoms with van der Waals surface area (Å²) in [6.45, 7) is 3.30. The van der Waals surface area contributed by atoms with Gasteiger partial charge in [0.05, 0.1) is 6.10 Å². The first-order chi connectivity index (χ1) is 9.88. The molecule has 5 nitrogen and oxygen atoms in total. The monoisotopic (exact) mass is 310 g/mol. The summed E-state index contributed by atoms with van der Waals surface area (Å²) in [6.07, 6.45) is 0.715. The molecule has 1 aliphatic carbocycles. The maximum atomic E-state index is 12.3. The molecule has 1 aliphatic rings. The van der Waals surface area contributed by atoms with Crippen molar-refractivity contribution in [2.45, 2.75) is 38.8 Å². The number of carbonyl (C=O) groups excluding carboxylic acids is 2. The normalized spacial score (nSPS) is 17.0. The van der Waals surface area contributed by atoms with Crippen LogP contribution in [-0.4, -0.2) is 29.1 Å². The molecule has 21 heavy (non-hydrogen) atoms. The van der Waals surface area contributed by atoms with Gasteiger partial charge in [-0.2, -0.15) is 0 Å². The number of hydrogen-bond acceptors (Lipinski definition) is 3. The van der Waals surface area contributed by atoms with E-state index in [9.17, 15) is 14.7 Å². The summed E-state index contributed by atoms with van der Waals surface area (Å²) in [6, 6.07) is 4.13. The fraction of sp³-hybridized carbons (Fsp3) is 0.467. The van der Waals surface area contributed by atoms with Gasteiger partial charge in [-0.15, -0.1) is 0 Å². The number of rotatable bonds is 5. The minimum atomic E-state index is -0.972. The predicted octanol–water partition coefficient (Wildman–Crippen LogP) is 1.86. The van der Waals surface area contributed by atoms with Crippen LogP contribution in [0.15, 0.2) is 18.2 Å². The van der Waals surface area contributed by atoms with Gasteiger partial charge in [-0.05, 0) is 50.5 Å². The number of hydrogen-bond donors (Lipinski definition) is 3. The summed E-state index contributed by atoms with van der Waals surface area (Å²) in [5.41, 5.74) is 1.42. The second-order valence-electron chi connectivity index (χ2n) is 5.45. The minimum Gasteiger partial charge on any atom is -0.391 e. The van der Waals surface area contributed by atoms with Crippen LogP contribution >= 0.6 is 11.6 Å². The molecule has 2 rings (SSSR count). The average Bonchev–Trinajstić information content (AvgIpc) is 3.22. The third-order valence-electron chi connectivity index (χ3n) is 3.46. The van der Waals surface area contributed by atoms with E-state index in [-0.39, 0.29) is 11.8 Å². The minimum absolute atomic E-state index is 0.0173. The number of amides is 2. The molecule has 0 bridgehead atoms. The standard InChI is InChI=1S/C15H19ClN2O3/c1-8-7-11(16)5-6-12(8)17-15(21)13(9(2)19)18-14(20)10-3-4-10/h5-7,9-10,13,19H,3-4H2,1-2H3,(H,17,21)(H,18,20). The molecule has 0 spiro atoms. The molecule has 1 fully saturated rings. The zero-order valence-electron chi connectivity index (χ0n) is 12.0. The number of aliphatic hydroxyl groups excluding tert-OH is 1. The third-order valence-corrected chi connectivity index (χ3v) is 3.69. The fourth-order valence-electron chi connectivity index (χ4n) is 2.00. The van der Waals surface area contributed by atoms with Crippen molar-refractivity contribution in [3.8, 4) is 0 Å². The van der Waals surface area contributed by atoms with Crippen LogP contribution in [0.2, 0.25) is 5.02 Å². The van der Waals surface area contributed by atoms with E-state index in [1.807, 2.05) is 6.92 Å². The summed E-state index contributed by atoms with van der Waals surface area (Å²) in [5, 5.41) is 15.6. The van der Waals surface area contributed by atoms with Crippen molar-refractivity contribution in [3.63, 3.8) is 0 Å². The Balaban J connectivity index is 2.05. The Labute approximate surface area is 128 Å². The molecule has 1 saturated carbocycles. The van der Waals surface area contributed by atoms with E-state index >= 15 is 0 Å². The SMILES string of the molecule is Cc1cc(Cl)ccc1NC(=O)C(NC(=O)C1CC1)C(C)O. The van der Waals surface area contributed by atoms with Crippen molar-refractivity contribution in [2.24, 2.45) is 5.92 Å². The summed E-state index contributed by atoms with van der Waals surface area (Å²) >= 11 is 5.87. The van der Waals surface area contributed by atoms with Gasteiger partial charge < -0.3 is 15.7 Å². The van der Waals surface area contributed by atoms with Crippen LogP contribution in [0.5, 0.6) is 0 Å². The Morgan fingerprint density at radius 3 is 2.57 bits per heavy atom. The van der Waals surface area contributed by atoms with Crippen molar-refractivity contribution in [1.82, 2.24) is 5.32 Å². The molecule has 0 heterocycles. The smallest absolute Gasteiger partial charge is 0.249 e. The van der Waals surface area contributed by atoms with Crippen molar-refractivity contribution >= 4 is 29.1 Å². The number of aryl methyl sites for hydroxylation is 1. The Kier molecular flexibility index (Phi) is 4.85. The molecule has 3 N–H and O–H groups in total. The summed E-state index contributed by atoms with van der Waals surface area (Å²) < 4.78 is 0. The van der Waals surface area contributed by atoms with Gasteiger partial charge in [-0.1, -0.05) is 11.6 Å². The lowest BCUT2D eigenvalue weighted by molar-refractivity contribution is -0.129. The van der Waals surface area contributed by atoms with Crippen LogP contribution in [-0.2, 0) is 9.59 Å². The van der Waals surface area contributed by atoms with Crippen LogP contribution in [0.3, 0.4) is 0 Å². The maximum absolute atomic E-state index is 12.3. The number of nitrogens with one attached hydrogen (secondary N) is 2. The maximum Gasteiger partial charge on any atom is 0.249 e. The highest BCUT2D eigenvalue weighted by atomic mass is 35.5. The highest BCUT2D eigenvalue weighted by molar-refractivity contribution is 6.30. The number of benzene rings is 1. The predicted molar refractivity (Wildman–Crippen MR) is 81.2 cm³/mol. The van der Waals surface area contributed by atoms with E-state index in [1.54, 1.807) is 18.2 Å². The molecular formula is C15H19ClN2O3. The number of halogens is 1. The van der Waals surface area contributed by atoms with Gasteiger partial charge in [0.15, 0.2) is 0 Å². The molecule has 1 aromatic carbocycles. The first-order valence-electron chi connectivity index (χ1n) is 6.94. The number of carbonyl (C=O) groups is 2. The molecule has 114 valence electrons. The van der Waals surface area contributed by atoms with Gasteiger partial charge >= 0.3 is 0 Å². The molecule has 2 atom stereocenters. The average molecular weight is 311 g/mol. The van der Waals surface area contributed by atoms with E-state index in [0.29, 0.717) is 10.7 Å². The van der Waals surface area contributed by atoms with Crippen molar-refractivity contribution in [1.29, 1.82) is 0 Å². The van der Waals surface area contributed by atoms with Gasteiger partial charge in [0.25, 0.3) is 0 Å². The van der Waals surface area contributed by atoms with Crippen LogP contribution in [0.4, 0.5) is 5.69 Å². The van der Waals surface area contributed by atoms with E-state index in [1.165, 1.54) is 6.92 Å². The van der Waals surface area contributed by atoms with E-state index in [0.717, 1.165) is 18.4 Å². The van der Waals surface area contributed by atoms with Crippen LogP contribution in [0, 0.1) is 12.8 Å². The van der Waals surface area contributed by atoms with Gasteiger partial charge in [-0.3, -0.25) is 9.59 Å². The van der Waals surface area contributed by atoms with Crippen LogP contribution < -0.4 is 10.6 Å². The summed E-state index contributed by atoms with van der Waals surface area (Å²) in [5.74, 6) is -0.635. The molecule has 0 aliphatic heterocycles. The largest absolute Gasteiger partial charge is 0.391 e. The van der Waals surface area contributed by atoms with Gasteiger partial charge in [-0.25, -0.2) is 0 Å². The molecule has 1 aromatic rings. The molecular weight excluding hydrogens is 292 g/mol. The lowest BCUT2D eigenvalue weighted by Crippen LogP contribution is -2.50. The van der Waals surface area contributed by atoms with Crippen molar-refractivity contribution in [3.05, 3.63) is 28.8 Å². The molecule has 2 amide bonds. The van der Waals surface area contributed by atoms with Crippen molar-refractivity contribution in [2.75, 3.05) is 5.32 Å². The number of aliphatic hydroxyl groups is 1. The zero-order chi connectivity index (χ0) is 15.6. The Morgan fingerprint density at radius 1 is 1.38 bits per heavy atom. The molecule has 2 unspecified atom stereocenters. The first-order valence-corrected chi connectivity index (χ1v) is 7.31. The quantitative estimate of drug-likeness (QED) is 0.777. The lowest BCUT2D eigenvalue weighted by Gasteiger charge is -2.21. The highest BCUT2D eigenvalue weighted by Gasteiger charge is 2.34. The van der Waals surface area contributed by atoms with Gasteiger partial charge in [0.2, 0.25) is 11.8 Å². The molecule has 0 radical (unpaired) electrons. The number of anilines is 1. The topological polar surface area (TPSA) is 78.4 Å². The summed E-state index contributed by atoms with van der Waals surface area (Å²) in [7, 11) is 0.